The van der Waals surface area contributed by atoms with Gasteiger partial charge in [-0.3, -0.25) is 0 Å². The van der Waals surface area contributed by atoms with Crippen molar-refractivity contribution in [1.29, 1.82) is 0 Å². The second-order valence-electron chi connectivity index (χ2n) is 4.49. The fraction of sp³-hybridized carbons (Fsp3) is 1.00. The van der Waals surface area contributed by atoms with Gasteiger partial charge in [-0.1, -0.05) is 0 Å². The van der Waals surface area contributed by atoms with Crippen LogP contribution < -0.4 is 5.73 Å². The van der Waals surface area contributed by atoms with Gasteiger partial charge in [0.05, 0.1) is 6.10 Å². The van der Waals surface area contributed by atoms with Crippen molar-refractivity contribution in [1.82, 2.24) is 0 Å². The molecular formula is C11H20F3NO. The minimum absolute atomic E-state index is 0.122. The summed E-state index contributed by atoms with van der Waals surface area (Å²) in [5.74, 6) is 0. The van der Waals surface area contributed by atoms with Crippen LogP contribution in [0, 0.1) is 0 Å². The van der Waals surface area contributed by atoms with Crippen LogP contribution in [-0.2, 0) is 4.74 Å². The number of halogens is 3. The summed E-state index contributed by atoms with van der Waals surface area (Å²) in [5, 5.41) is 0. The Morgan fingerprint density at radius 1 is 1.31 bits per heavy atom. The Kier molecular flexibility index (Phi) is 5.55. The van der Waals surface area contributed by atoms with Crippen LogP contribution in [0.4, 0.5) is 13.2 Å². The Hall–Kier alpha value is -0.290. The molecule has 2 N–H and O–H groups in total. The highest BCUT2D eigenvalue weighted by atomic mass is 19.4. The number of rotatable bonds is 5. The highest BCUT2D eigenvalue weighted by Crippen LogP contribution is 2.24. The Labute approximate surface area is 94.3 Å². The molecule has 1 heterocycles. The van der Waals surface area contributed by atoms with Crippen LogP contribution in [-0.4, -0.2) is 24.9 Å². The van der Waals surface area contributed by atoms with E-state index in [0.29, 0.717) is 12.8 Å². The molecule has 96 valence electrons. The van der Waals surface area contributed by atoms with Crippen molar-refractivity contribution in [3.05, 3.63) is 0 Å². The molecule has 0 aromatic rings. The largest absolute Gasteiger partial charge is 0.389 e. The van der Waals surface area contributed by atoms with E-state index < -0.39 is 12.6 Å². The monoisotopic (exact) mass is 239 g/mol. The normalized spacial score (nSPS) is 24.4. The molecule has 2 nitrogen and oxygen atoms in total. The van der Waals surface area contributed by atoms with Crippen LogP contribution in [0.3, 0.4) is 0 Å². The molecule has 0 aromatic heterocycles. The molecule has 1 fully saturated rings. The quantitative estimate of drug-likeness (QED) is 0.800. The van der Waals surface area contributed by atoms with E-state index in [1.54, 1.807) is 0 Å². The molecule has 2 unspecified atom stereocenters. The molecule has 16 heavy (non-hydrogen) atoms. The number of alkyl halides is 3. The van der Waals surface area contributed by atoms with Crippen molar-refractivity contribution in [2.75, 3.05) is 6.61 Å². The van der Waals surface area contributed by atoms with Crippen LogP contribution in [0.15, 0.2) is 0 Å². The van der Waals surface area contributed by atoms with Gasteiger partial charge in [0.15, 0.2) is 0 Å². The number of hydrogen-bond acceptors (Lipinski definition) is 2. The lowest BCUT2D eigenvalue weighted by Gasteiger charge is -2.25. The predicted octanol–water partition coefficient (Wildman–Crippen LogP) is 3.01. The average Bonchev–Trinajstić information content (AvgIpc) is 2.17. The highest BCUT2D eigenvalue weighted by molar-refractivity contribution is 4.72. The van der Waals surface area contributed by atoms with Crippen molar-refractivity contribution in [2.45, 2.75) is 63.3 Å². The minimum Gasteiger partial charge on any atom is -0.378 e. The lowest BCUT2D eigenvalue weighted by molar-refractivity contribution is -0.135. The van der Waals surface area contributed by atoms with Gasteiger partial charge in [0.1, 0.15) is 0 Å². The maximum atomic E-state index is 11.9. The Bertz CT molecular complexity index is 190. The van der Waals surface area contributed by atoms with Gasteiger partial charge in [0, 0.05) is 19.1 Å². The lowest BCUT2D eigenvalue weighted by Crippen LogP contribution is -2.30. The van der Waals surface area contributed by atoms with Gasteiger partial charge in [0.2, 0.25) is 0 Å². The van der Waals surface area contributed by atoms with Gasteiger partial charge in [-0.05, 0) is 38.5 Å². The van der Waals surface area contributed by atoms with Crippen molar-refractivity contribution < 1.29 is 17.9 Å². The predicted molar refractivity (Wildman–Crippen MR) is 56.1 cm³/mol. The summed E-state index contributed by atoms with van der Waals surface area (Å²) in [5.41, 5.74) is 5.79. The van der Waals surface area contributed by atoms with Crippen molar-refractivity contribution in [3.63, 3.8) is 0 Å². The zero-order chi connectivity index (χ0) is 12.0. The van der Waals surface area contributed by atoms with E-state index >= 15 is 0 Å². The highest BCUT2D eigenvalue weighted by Gasteiger charge is 2.26. The van der Waals surface area contributed by atoms with Gasteiger partial charge < -0.3 is 10.5 Å². The van der Waals surface area contributed by atoms with Crippen LogP contribution in [0.25, 0.3) is 0 Å². The SMILES string of the molecule is NC(CCCC(F)(F)F)CC1CCCCO1. The molecule has 1 saturated heterocycles. The third-order valence-corrected chi connectivity index (χ3v) is 2.87. The summed E-state index contributed by atoms with van der Waals surface area (Å²) in [6.45, 7) is 0.764. The molecule has 1 rings (SSSR count). The van der Waals surface area contributed by atoms with E-state index in [9.17, 15) is 13.2 Å². The van der Waals surface area contributed by atoms with E-state index in [2.05, 4.69) is 0 Å². The standard InChI is InChI=1S/C11H20F3NO/c12-11(13,14)6-3-4-9(15)8-10-5-1-2-7-16-10/h9-10H,1-8,15H2. The third kappa shape index (κ3) is 6.33. The van der Waals surface area contributed by atoms with Gasteiger partial charge in [-0.2, -0.15) is 13.2 Å². The Morgan fingerprint density at radius 2 is 2.06 bits per heavy atom. The summed E-state index contributed by atoms with van der Waals surface area (Å²) in [6.07, 6.45) is -0.163. The second kappa shape index (κ2) is 6.45. The first-order valence-corrected chi connectivity index (χ1v) is 5.91. The maximum Gasteiger partial charge on any atom is 0.389 e. The molecule has 2 atom stereocenters. The Morgan fingerprint density at radius 3 is 2.62 bits per heavy atom. The number of nitrogens with two attached hydrogens (primary N) is 1. The van der Waals surface area contributed by atoms with Crippen LogP contribution in [0.5, 0.6) is 0 Å². The van der Waals surface area contributed by atoms with Gasteiger partial charge in [0.25, 0.3) is 0 Å². The fourth-order valence-corrected chi connectivity index (χ4v) is 2.01. The van der Waals surface area contributed by atoms with Crippen LogP contribution in [0.2, 0.25) is 0 Å². The van der Waals surface area contributed by atoms with Crippen molar-refractivity contribution in [2.24, 2.45) is 5.73 Å². The summed E-state index contributed by atoms with van der Waals surface area (Å²) in [4.78, 5) is 0. The first-order chi connectivity index (χ1) is 7.47. The molecule has 0 bridgehead atoms. The fourth-order valence-electron chi connectivity index (χ4n) is 2.01. The topological polar surface area (TPSA) is 35.2 Å². The number of hydrogen-bond donors (Lipinski definition) is 1. The molecule has 0 saturated carbocycles. The molecular weight excluding hydrogens is 219 g/mol. The van der Waals surface area contributed by atoms with Gasteiger partial charge in [-0.25, -0.2) is 0 Å². The maximum absolute atomic E-state index is 11.9. The molecule has 1 aliphatic heterocycles. The second-order valence-corrected chi connectivity index (χ2v) is 4.49. The van der Waals surface area contributed by atoms with E-state index in [4.69, 9.17) is 10.5 Å². The molecule has 0 amide bonds. The van der Waals surface area contributed by atoms with Gasteiger partial charge >= 0.3 is 6.18 Å². The molecule has 5 heteroatoms. The Balaban J connectivity index is 2.08. The van der Waals surface area contributed by atoms with E-state index in [1.165, 1.54) is 0 Å². The van der Waals surface area contributed by atoms with Gasteiger partial charge in [-0.15, -0.1) is 0 Å². The summed E-state index contributed by atoms with van der Waals surface area (Å²) >= 11 is 0. The summed E-state index contributed by atoms with van der Waals surface area (Å²) in [6, 6.07) is -0.162. The zero-order valence-electron chi connectivity index (χ0n) is 9.43. The van der Waals surface area contributed by atoms with E-state index in [0.717, 1.165) is 25.9 Å². The molecule has 0 aromatic carbocycles. The van der Waals surface area contributed by atoms with Crippen LogP contribution in [0.1, 0.15) is 44.9 Å². The first-order valence-electron chi connectivity index (χ1n) is 5.91. The lowest BCUT2D eigenvalue weighted by atomic mass is 9.99. The molecule has 0 radical (unpaired) electrons. The molecule has 0 spiro atoms. The average molecular weight is 239 g/mol. The van der Waals surface area contributed by atoms with E-state index in [1.807, 2.05) is 0 Å². The minimum atomic E-state index is -4.05. The first kappa shape index (κ1) is 13.8. The van der Waals surface area contributed by atoms with Crippen molar-refractivity contribution >= 4 is 0 Å². The summed E-state index contributed by atoms with van der Waals surface area (Å²) < 4.78 is 41.2. The zero-order valence-corrected chi connectivity index (χ0v) is 9.43. The number of ether oxygens (including phenoxy) is 1. The summed E-state index contributed by atoms with van der Waals surface area (Å²) in [7, 11) is 0. The van der Waals surface area contributed by atoms with E-state index in [-0.39, 0.29) is 18.6 Å². The smallest absolute Gasteiger partial charge is 0.378 e. The molecule has 1 aliphatic rings. The third-order valence-electron chi connectivity index (χ3n) is 2.87. The van der Waals surface area contributed by atoms with Crippen molar-refractivity contribution in [3.8, 4) is 0 Å². The molecule has 0 aliphatic carbocycles. The van der Waals surface area contributed by atoms with Crippen LogP contribution >= 0.6 is 0 Å².